The average molecular weight is 469 g/mol. The zero-order chi connectivity index (χ0) is 23.9. The van der Waals surface area contributed by atoms with Gasteiger partial charge in [0.25, 0.3) is 0 Å². The number of allylic oxidation sites excluding steroid dienone is 2. The van der Waals surface area contributed by atoms with E-state index < -0.39 is 5.67 Å². The van der Waals surface area contributed by atoms with Crippen LogP contribution >= 0.6 is 0 Å². The maximum Gasteiger partial charge on any atom is 0.118 e. The topological polar surface area (TPSA) is 30.5 Å². The highest BCUT2D eigenvalue weighted by Gasteiger charge is 2.43. The van der Waals surface area contributed by atoms with Crippen molar-refractivity contribution in [3.63, 3.8) is 0 Å². The molecule has 1 aromatic carbocycles. The fourth-order valence-corrected chi connectivity index (χ4v) is 5.95. The van der Waals surface area contributed by atoms with Crippen LogP contribution < -0.4 is 10.6 Å². The number of likely N-dealkylation sites (tertiary alicyclic amines) is 1. The van der Waals surface area contributed by atoms with Crippen LogP contribution in [-0.2, 0) is 0 Å². The van der Waals surface area contributed by atoms with Gasteiger partial charge in [-0.15, -0.1) is 0 Å². The molecule has 4 aliphatic rings. The second-order valence-corrected chi connectivity index (χ2v) is 11.1. The first-order chi connectivity index (χ1) is 16.3. The van der Waals surface area contributed by atoms with E-state index in [0.717, 1.165) is 44.7 Å². The van der Waals surface area contributed by atoms with Crippen molar-refractivity contribution in [2.45, 2.75) is 57.4 Å². The normalized spacial score (nSPS) is 27.7. The molecule has 3 atom stereocenters. The van der Waals surface area contributed by atoms with Gasteiger partial charge in [0.2, 0.25) is 0 Å². The van der Waals surface area contributed by atoms with Crippen molar-refractivity contribution in [1.82, 2.24) is 15.1 Å². The van der Waals surface area contributed by atoms with Crippen LogP contribution in [0.1, 0.15) is 45.2 Å². The van der Waals surface area contributed by atoms with Crippen LogP contribution in [-0.4, -0.2) is 67.0 Å². The Labute approximate surface area is 202 Å². The smallest absolute Gasteiger partial charge is 0.118 e. The molecule has 184 valence electrons. The second-order valence-electron chi connectivity index (χ2n) is 11.1. The van der Waals surface area contributed by atoms with E-state index in [0.29, 0.717) is 12.6 Å². The summed E-state index contributed by atoms with van der Waals surface area (Å²) in [7, 11) is 0. The molecule has 1 aliphatic carbocycles. The first-order valence-electron chi connectivity index (χ1n) is 12.8. The molecule has 0 spiro atoms. The minimum atomic E-state index is -1.27. The number of anilines is 1. The summed E-state index contributed by atoms with van der Waals surface area (Å²) in [6.45, 7) is 9.30. The summed E-state index contributed by atoms with van der Waals surface area (Å²) in [4.78, 5) is 4.62. The molecule has 5 rings (SSSR count). The number of nitrogens with one attached hydrogen (secondary N) is 2. The van der Waals surface area contributed by atoms with Crippen molar-refractivity contribution in [3.8, 4) is 0 Å². The number of benzene rings is 1. The first-order valence-corrected chi connectivity index (χ1v) is 12.8. The van der Waals surface area contributed by atoms with E-state index >= 15 is 0 Å². The lowest BCUT2D eigenvalue weighted by atomic mass is 9.85. The molecule has 0 radical (unpaired) electrons. The molecule has 1 fully saturated rings. The summed E-state index contributed by atoms with van der Waals surface area (Å²) in [5, 5.41) is 7.31. The van der Waals surface area contributed by atoms with Crippen molar-refractivity contribution in [2.75, 3.05) is 44.7 Å². The van der Waals surface area contributed by atoms with Crippen LogP contribution in [0.25, 0.3) is 0 Å². The Kier molecular flexibility index (Phi) is 6.56. The zero-order valence-electron chi connectivity index (χ0n) is 20.7. The van der Waals surface area contributed by atoms with Gasteiger partial charge in [0, 0.05) is 56.1 Å². The fourth-order valence-electron chi connectivity index (χ4n) is 5.95. The third-order valence-corrected chi connectivity index (χ3v) is 7.63. The van der Waals surface area contributed by atoms with E-state index in [-0.39, 0.29) is 24.7 Å². The minimum Gasteiger partial charge on any atom is -0.384 e. The SMILES string of the molecule is C[C@@H]1CC2=C(NC3CC=CC=C23)[C@@H](c2ccc(NCCN3CC(CF)C3)cc2)N1CC(C)(C)F. The van der Waals surface area contributed by atoms with Crippen LogP contribution in [0.15, 0.2) is 59.3 Å². The predicted molar refractivity (Wildman–Crippen MR) is 135 cm³/mol. The molecule has 2 N–H and O–H groups in total. The molecule has 4 nitrogen and oxygen atoms in total. The highest BCUT2D eigenvalue weighted by Crippen LogP contribution is 2.46. The summed E-state index contributed by atoms with van der Waals surface area (Å²) in [5.74, 6) is 0.230. The maximum absolute atomic E-state index is 14.9. The van der Waals surface area contributed by atoms with E-state index in [1.54, 1.807) is 13.8 Å². The minimum absolute atomic E-state index is 0.0213. The lowest BCUT2D eigenvalue weighted by Crippen LogP contribution is -2.49. The van der Waals surface area contributed by atoms with Gasteiger partial charge in [0.1, 0.15) is 5.67 Å². The van der Waals surface area contributed by atoms with Crippen LogP contribution in [0.2, 0.25) is 0 Å². The predicted octanol–water partition coefficient (Wildman–Crippen LogP) is 5.00. The first kappa shape index (κ1) is 23.6. The third-order valence-electron chi connectivity index (χ3n) is 7.63. The van der Waals surface area contributed by atoms with E-state index in [1.807, 2.05) is 0 Å². The third kappa shape index (κ3) is 4.80. The van der Waals surface area contributed by atoms with Gasteiger partial charge >= 0.3 is 0 Å². The van der Waals surface area contributed by atoms with Crippen molar-refractivity contribution < 1.29 is 8.78 Å². The molecule has 0 saturated carbocycles. The molecule has 0 aromatic heterocycles. The van der Waals surface area contributed by atoms with E-state index in [4.69, 9.17) is 0 Å². The Morgan fingerprint density at radius 1 is 1.18 bits per heavy atom. The number of hydrogen-bond acceptors (Lipinski definition) is 4. The molecule has 0 amide bonds. The van der Waals surface area contributed by atoms with Gasteiger partial charge in [0.05, 0.1) is 18.8 Å². The largest absolute Gasteiger partial charge is 0.384 e. The van der Waals surface area contributed by atoms with Crippen LogP contribution in [0.5, 0.6) is 0 Å². The van der Waals surface area contributed by atoms with Crippen LogP contribution in [0.4, 0.5) is 14.5 Å². The van der Waals surface area contributed by atoms with Crippen LogP contribution in [0, 0.1) is 5.92 Å². The highest BCUT2D eigenvalue weighted by molar-refractivity contribution is 5.54. The molecular weight excluding hydrogens is 430 g/mol. The number of alkyl halides is 2. The van der Waals surface area contributed by atoms with Crippen molar-refractivity contribution >= 4 is 5.69 Å². The molecule has 0 bridgehead atoms. The summed E-state index contributed by atoms with van der Waals surface area (Å²) >= 11 is 0. The Bertz CT molecular complexity index is 969. The molecule has 1 unspecified atom stereocenters. The molecule has 6 heteroatoms. The Morgan fingerprint density at radius 2 is 1.94 bits per heavy atom. The van der Waals surface area contributed by atoms with E-state index in [9.17, 15) is 8.78 Å². The van der Waals surface area contributed by atoms with Crippen LogP contribution in [0.3, 0.4) is 0 Å². The van der Waals surface area contributed by atoms with Gasteiger partial charge in [0.15, 0.2) is 0 Å². The number of rotatable bonds is 8. The van der Waals surface area contributed by atoms with Gasteiger partial charge in [-0.1, -0.05) is 30.4 Å². The Morgan fingerprint density at radius 3 is 2.65 bits per heavy atom. The molecule has 1 aromatic rings. The van der Waals surface area contributed by atoms with Crippen molar-refractivity contribution in [1.29, 1.82) is 0 Å². The van der Waals surface area contributed by atoms with Gasteiger partial charge < -0.3 is 15.5 Å². The lowest BCUT2D eigenvalue weighted by molar-refractivity contribution is 0.0655. The molecule has 1 saturated heterocycles. The summed E-state index contributed by atoms with van der Waals surface area (Å²) in [5.41, 5.74) is 5.10. The van der Waals surface area contributed by atoms with E-state index in [1.165, 1.54) is 22.4 Å². The highest BCUT2D eigenvalue weighted by atomic mass is 19.1. The number of halogens is 2. The average Bonchev–Trinajstić information content (AvgIpc) is 3.13. The fraction of sp³-hybridized carbons (Fsp3) is 0.571. The Balaban J connectivity index is 1.34. The van der Waals surface area contributed by atoms with Gasteiger partial charge in [-0.3, -0.25) is 9.29 Å². The van der Waals surface area contributed by atoms with Gasteiger partial charge in [-0.05, 0) is 62.5 Å². The summed E-state index contributed by atoms with van der Waals surface area (Å²) in [6, 6.07) is 9.26. The van der Waals surface area contributed by atoms with Gasteiger partial charge in [-0.2, -0.15) is 0 Å². The quantitative estimate of drug-likeness (QED) is 0.562. The second kappa shape index (κ2) is 9.46. The summed E-state index contributed by atoms with van der Waals surface area (Å²) in [6.07, 6.45) is 8.59. The standard InChI is InChI=1S/C28H38F2N4/c1-19-14-24-23-6-4-5-7-25(23)32-26(24)27(34(19)18-28(2,3)30)21-8-10-22(11-9-21)31-12-13-33-16-20(15-29)17-33/h4-6,8-11,19-20,25,27,31-32H,7,12-18H2,1-3H3/t19-,25?,27-/m1/s1. The number of fused-ring (bicyclic) bond motifs is 2. The molecular formula is C28H38F2N4. The van der Waals surface area contributed by atoms with Gasteiger partial charge in [-0.25, -0.2) is 4.39 Å². The monoisotopic (exact) mass is 468 g/mol. The van der Waals surface area contributed by atoms with E-state index in [2.05, 4.69) is 69.9 Å². The lowest BCUT2D eigenvalue weighted by Gasteiger charge is -2.43. The zero-order valence-corrected chi connectivity index (χ0v) is 20.7. The molecule has 3 aliphatic heterocycles. The Hall–Kier alpha value is -2.18. The van der Waals surface area contributed by atoms with Crippen molar-refractivity contribution in [2.24, 2.45) is 5.92 Å². The molecule has 3 heterocycles. The number of hydrogen-bond donors (Lipinski definition) is 2. The maximum atomic E-state index is 14.9. The van der Waals surface area contributed by atoms with Crippen molar-refractivity contribution in [3.05, 3.63) is 64.9 Å². The number of nitrogens with zero attached hydrogens (tertiary/aromatic N) is 2. The summed E-state index contributed by atoms with van der Waals surface area (Å²) < 4.78 is 27.5. The molecule has 34 heavy (non-hydrogen) atoms.